The van der Waals surface area contributed by atoms with Crippen LogP contribution in [0.3, 0.4) is 0 Å². The van der Waals surface area contributed by atoms with Crippen molar-refractivity contribution in [3.63, 3.8) is 0 Å². The van der Waals surface area contributed by atoms with Gasteiger partial charge in [0.05, 0.1) is 11.1 Å². The maximum absolute atomic E-state index is 13.8. The normalized spacial score (nSPS) is 13.9. The Balaban J connectivity index is 1.63. The van der Waals surface area contributed by atoms with E-state index < -0.39 is 11.8 Å². The van der Waals surface area contributed by atoms with E-state index in [0.29, 0.717) is 16.9 Å². The number of hydrogen-bond acceptors (Lipinski definition) is 4. The van der Waals surface area contributed by atoms with E-state index in [-0.39, 0.29) is 22.9 Å². The molecule has 0 aliphatic carbocycles. The Morgan fingerprint density at radius 2 is 1.90 bits per heavy atom. The van der Waals surface area contributed by atoms with E-state index in [2.05, 4.69) is 15.9 Å². The zero-order valence-corrected chi connectivity index (χ0v) is 16.8. The van der Waals surface area contributed by atoms with E-state index in [1.165, 1.54) is 24.3 Å². The van der Waals surface area contributed by atoms with Crippen molar-refractivity contribution in [2.75, 3.05) is 0 Å². The van der Waals surface area contributed by atoms with Gasteiger partial charge in [0.1, 0.15) is 17.3 Å². The average molecular weight is 453 g/mol. The lowest BCUT2D eigenvalue weighted by Crippen LogP contribution is -2.10. The van der Waals surface area contributed by atoms with Crippen molar-refractivity contribution in [1.29, 1.82) is 0 Å². The van der Waals surface area contributed by atoms with Crippen LogP contribution >= 0.6 is 15.9 Å². The van der Waals surface area contributed by atoms with Gasteiger partial charge in [-0.1, -0.05) is 40.2 Å². The number of Topliss-reactive ketones (excluding diaryl/α,β-unsaturated/α-hetero) is 1. The van der Waals surface area contributed by atoms with Gasteiger partial charge in [0.15, 0.2) is 5.76 Å². The van der Waals surface area contributed by atoms with Crippen molar-refractivity contribution in [3.05, 3.63) is 99.0 Å². The molecule has 0 saturated heterocycles. The first-order valence-corrected chi connectivity index (χ1v) is 9.53. The maximum atomic E-state index is 13.8. The van der Waals surface area contributed by atoms with Crippen LogP contribution in [0.4, 0.5) is 4.39 Å². The van der Waals surface area contributed by atoms with Crippen molar-refractivity contribution < 1.29 is 23.5 Å². The van der Waals surface area contributed by atoms with Gasteiger partial charge in [-0.15, -0.1) is 0 Å². The van der Waals surface area contributed by atoms with Gasteiger partial charge in [0, 0.05) is 10.5 Å². The molecule has 4 nitrogen and oxygen atoms in total. The van der Waals surface area contributed by atoms with Crippen LogP contribution in [-0.4, -0.2) is 11.8 Å². The van der Waals surface area contributed by atoms with Crippen LogP contribution in [0, 0.1) is 12.7 Å². The molecule has 6 heteroatoms. The van der Waals surface area contributed by atoms with Gasteiger partial charge in [-0.3, -0.25) is 4.79 Å². The van der Waals surface area contributed by atoms with Gasteiger partial charge in [-0.05, 0) is 54.5 Å². The molecule has 1 heterocycles. The Morgan fingerprint density at radius 1 is 1.10 bits per heavy atom. The highest BCUT2D eigenvalue weighted by molar-refractivity contribution is 9.10. The molecular weight excluding hydrogens is 439 g/mol. The minimum atomic E-state index is -0.823. The van der Waals surface area contributed by atoms with E-state index in [1.807, 2.05) is 24.3 Å². The Kier molecular flexibility index (Phi) is 5.03. The molecule has 0 unspecified atom stereocenters. The van der Waals surface area contributed by atoms with Crippen LogP contribution < -0.4 is 9.47 Å². The number of rotatable bonds is 3. The van der Waals surface area contributed by atoms with Crippen LogP contribution in [0.5, 0.6) is 11.5 Å². The molecule has 0 radical (unpaired) electrons. The summed E-state index contributed by atoms with van der Waals surface area (Å²) in [6.07, 6.45) is 1.65. The molecule has 3 aromatic carbocycles. The lowest BCUT2D eigenvalue weighted by molar-refractivity contribution is 0.0729. The molecule has 0 saturated carbocycles. The number of hydrogen-bond donors (Lipinski definition) is 0. The average Bonchev–Trinajstić information content (AvgIpc) is 2.97. The molecule has 4 rings (SSSR count). The smallest absolute Gasteiger partial charge is 0.346 e. The number of ether oxygens (including phenoxy) is 2. The third kappa shape index (κ3) is 3.84. The predicted octanol–water partition coefficient (Wildman–Crippen LogP) is 5.73. The summed E-state index contributed by atoms with van der Waals surface area (Å²) in [7, 11) is 0. The fraction of sp³-hybridized carbons (Fsp3) is 0.0435. The monoisotopic (exact) mass is 452 g/mol. The van der Waals surface area contributed by atoms with E-state index in [4.69, 9.17) is 9.47 Å². The number of fused-ring (bicyclic) bond motifs is 1. The van der Waals surface area contributed by atoms with Crippen LogP contribution in [-0.2, 0) is 0 Å². The summed E-state index contributed by atoms with van der Waals surface area (Å²) < 4.78 is 25.7. The Hall–Kier alpha value is -3.25. The summed E-state index contributed by atoms with van der Waals surface area (Å²) in [4.78, 5) is 25.0. The first-order chi connectivity index (χ1) is 13.9. The van der Waals surface area contributed by atoms with E-state index in [9.17, 15) is 14.0 Å². The second kappa shape index (κ2) is 7.64. The van der Waals surface area contributed by atoms with Gasteiger partial charge in [-0.25, -0.2) is 9.18 Å². The van der Waals surface area contributed by atoms with Crippen molar-refractivity contribution in [2.45, 2.75) is 6.92 Å². The topological polar surface area (TPSA) is 52.6 Å². The zero-order chi connectivity index (χ0) is 20.5. The third-order valence-corrected chi connectivity index (χ3v) is 4.89. The molecule has 0 N–H and O–H groups in total. The molecule has 0 atom stereocenters. The molecule has 3 aromatic rings. The van der Waals surface area contributed by atoms with Gasteiger partial charge in [0.25, 0.3) is 0 Å². The van der Waals surface area contributed by atoms with Crippen molar-refractivity contribution >= 4 is 33.8 Å². The highest BCUT2D eigenvalue weighted by atomic mass is 79.9. The van der Waals surface area contributed by atoms with Crippen LogP contribution in [0.1, 0.15) is 31.8 Å². The van der Waals surface area contributed by atoms with Crippen LogP contribution in [0.25, 0.3) is 6.08 Å². The largest absolute Gasteiger partial charge is 0.452 e. The van der Waals surface area contributed by atoms with Gasteiger partial charge >= 0.3 is 5.97 Å². The summed E-state index contributed by atoms with van der Waals surface area (Å²) in [5, 5.41) is 0. The van der Waals surface area contributed by atoms with Gasteiger partial charge < -0.3 is 9.47 Å². The molecule has 1 aliphatic heterocycles. The summed E-state index contributed by atoms with van der Waals surface area (Å²) >= 11 is 3.39. The number of carbonyl (C=O) groups is 2. The van der Waals surface area contributed by atoms with Gasteiger partial charge in [0.2, 0.25) is 5.78 Å². The third-order valence-electron chi connectivity index (χ3n) is 4.39. The van der Waals surface area contributed by atoms with E-state index >= 15 is 0 Å². The lowest BCUT2D eigenvalue weighted by atomic mass is 10.0. The van der Waals surface area contributed by atoms with Crippen LogP contribution in [0.2, 0.25) is 0 Å². The fourth-order valence-corrected chi connectivity index (χ4v) is 3.49. The minimum Gasteiger partial charge on any atom is -0.452 e. The Morgan fingerprint density at radius 3 is 2.66 bits per heavy atom. The molecule has 0 bridgehead atoms. The predicted molar refractivity (Wildman–Crippen MR) is 110 cm³/mol. The molecule has 0 fully saturated rings. The number of allylic oxidation sites excluding steroid dienone is 1. The van der Waals surface area contributed by atoms with E-state index in [1.54, 1.807) is 25.1 Å². The molecule has 0 amide bonds. The SMILES string of the molecule is Cc1cc(OC(=O)c2ccccc2F)cc2c1C(=O)/C(=C/c1cccc(Br)c1)O2. The first-order valence-electron chi connectivity index (χ1n) is 8.73. The molecular formula is C23H14BrFO4. The number of esters is 1. The number of aryl methyl sites for hydroxylation is 1. The second-order valence-corrected chi connectivity index (χ2v) is 7.39. The lowest BCUT2D eigenvalue weighted by Gasteiger charge is -2.08. The zero-order valence-electron chi connectivity index (χ0n) is 15.2. The standard InChI is InChI=1S/C23H14BrFO4/c1-13-9-16(28-23(27)17-7-2-3-8-18(17)25)12-19-21(13)22(26)20(29-19)11-14-5-4-6-15(24)10-14/h2-12H,1H3/b20-11-. The summed E-state index contributed by atoms with van der Waals surface area (Å²) in [5.41, 5.74) is 1.65. The first kappa shape index (κ1) is 19.1. The molecule has 1 aliphatic rings. The summed E-state index contributed by atoms with van der Waals surface area (Å²) in [6.45, 7) is 1.72. The molecule has 29 heavy (non-hydrogen) atoms. The van der Waals surface area contributed by atoms with Crippen LogP contribution in [0.15, 0.2) is 70.9 Å². The fourth-order valence-electron chi connectivity index (χ4n) is 3.07. The number of ketones is 1. The van der Waals surface area contributed by atoms with Crippen molar-refractivity contribution in [2.24, 2.45) is 0 Å². The minimum absolute atomic E-state index is 0.169. The Labute approximate surface area is 174 Å². The summed E-state index contributed by atoms with van der Waals surface area (Å²) in [5.74, 6) is -1.08. The summed E-state index contributed by atoms with van der Waals surface area (Å²) in [6, 6.07) is 16.0. The van der Waals surface area contributed by atoms with Gasteiger partial charge in [-0.2, -0.15) is 0 Å². The molecule has 0 aromatic heterocycles. The van der Waals surface area contributed by atoms with Crippen molar-refractivity contribution in [1.82, 2.24) is 0 Å². The number of halogens is 2. The highest BCUT2D eigenvalue weighted by Gasteiger charge is 2.30. The molecule has 0 spiro atoms. The molecule has 144 valence electrons. The van der Waals surface area contributed by atoms with Crippen molar-refractivity contribution in [3.8, 4) is 11.5 Å². The van der Waals surface area contributed by atoms with E-state index in [0.717, 1.165) is 10.0 Å². The quantitative estimate of drug-likeness (QED) is 0.289. The Bertz CT molecular complexity index is 1180. The number of carbonyl (C=O) groups excluding carboxylic acids is 2. The second-order valence-electron chi connectivity index (χ2n) is 6.48. The number of benzene rings is 3. The highest BCUT2D eigenvalue weighted by Crippen LogP contribution is 2.37. The maximum Gasteiger partial charge on any atom is 0.346 e.